The second kappa shape index (κ2) is 5.85. The normalized spacial score (nSPS) is 21.9. The van der Waals surface area contributed by atoms with E-state index in [0.29, 0.717) is 23.9 Å². The molecule has 2 N–H and O–H groups in total. The minimum Gasteiger partial charge on any atom is -0.479 e. The Bertz CT molecular complexity index is 520. The van der Waals surface area contributed by atoms with Crippen molar-refractivity contribution in [3.63, 3.8) is 0 Å². The Balaban J connectivity index is 2.21. The standard InChI is InChI=1S/C13H17ClN2O4/c1-2-4-16-7-9(14)6-10(16)11(17)15-13(12(18)19)3-5-20-8-13/h6-7H,2-5,8H2,1H3,(H,15,17)(H,18,19). The summed E-state index contributed by atoms with van der Waals surface area (Å²) >= 11 is 5.92. The molecule has 0 spiro atoms. The van der Waals surface area contributed by atoms with E-state index in [1.807, 2.05) is 6.92 Å². The molecule has 7 heteroatoms. The summed E-state index contributed by atoms with van der Waals surface area (Å²) in [4.78, 5) is 23.7. The van der Waals surface area contributed by atoms with Gasteiger partial charge < -0.3 is 19.7 Å². The van der Waals surface area contributed by atoms with E-state index in [1.54, 1.807) is 10.8 Å². The van der Waals surface area contributed by atoms with Crippen molar-refractivity contribution in [3.8, 4) is 0 Å². The molecule has 0 bridgehead atoms. The maximum atomic E-state index is 12.3. The summed E-state index contributed by atoms with van der Waals surface area (Å²) < 4.78 is 6.84. The number of nitrogens with zero attached hydrogens (tertiary/aromatic N) is 1. The van der Waals surface area contributed by atoms with Crippen molar-refractivity contribution >= 4 is 23.5 Å². The van der Waals surface area contributed by atoms with Gasteiger partial charge in [0.05, 0.1) is 11.6 Å². The highest BCUT2D eigenvalue weighted by Crippen LogP contribution is 2.21. The molecular formula is C13H17ClN2O4. The number of carboxylic acids is 1. The van der Waals surface area contributed by atoms with Crippen LogP contribution in [0.2, 0.25) is 5.02 Å². The summed E-state index contributed by atoms with van der Waals surface area (Å²) in [6, 6.07) is 1.54. The first-order valence-corrected chi connectivity index (χ1v) is 6.85. The highest BCUT2D eigenvalue weighted by atomic mass is 35.5. The molecule has 2 rings (SSSR count). The average molecular weight is 301 g/mol. The zero-order valence-corrected chi connectivity index (χ0v) is 11.9. The van der Waals surface area contributed by atoms with Crippen LogP contribution in [0.1, 0.15) is 30.3 Å². The van der Waals surface area contributed by atoms with Crippen molar-refractivity contribution < 1.29 is 19.4 Å². The Morgan fingerprint density at radius 2 is 2.35 bits per heavy atom. The number of carbonyl (C=O) groups excluding carboxylic acids is 1. The van der Waals surface area contributed by atoms with E-state index in [1.165, 1.54) is 6.07 Å². The molecule has 6 nitrogen and oxygen atoms in total. The number of hydrogen-bond donors (Lipinski definition) is 2. The number of aryl methyl sites for hydroxylation is 1. The Morgan fingerprint density at radius 3 is 2.90 bits per heavy atom. The number of aliphatic carboxylic acids is 1. The van der Waals surface area contributed by atoms with E-state index in [2.05, 4.69) is 5.32 Å². The predicted molar refractivity (Wildman–Crippen MR) is 73.0 cm³/mol. The smallest absolute Gasteiger partial charge is 0.331 e. The van der Waals surface area contributed by atoms with Crippen molar-refractivity contribution in [2.75, 3.05) is 13.2 Å². The zero-order valence-electron chi connectivity index (χ0n) is 11.2. The summed E-state index contributed by atoms with van der Waals surface area (Å²) in [5.74, 6) is -1.53. The lowest BCUT2D eigenvalue weighted by Gasteiger charge is -2.23. The summed E-state index contributed by atoms with van der Waals surface area (Å²) in [6.45, 7) is 2.94. The quantitative estimate of drug-likeness (QED) is 0.864. The van der Waals surface area contributed by atoms with Gasteiger partial charge in [0.15, 0.2) is 5.54 Å². The highest BCUT2D eigenvalue weighted by molar-refractivity contribution is 6.31. The van der Waals surface area contributed by atoms with E-state index in [4.69, 9.17) is 16.3 Å². The lowest BCUT2D eigenvalue weighted by Crippen LogP contribution is -2.55. The van der Waals surface area contributed by atoms with Crippen LogP contribution in [-0.4, -0.2) is 40.3 Å². The molecule has 110 valence electrons. The van der Waals surface area contributed by atoms with E-state index < -0.39 is 17.4 Å². The molecule has 0 saturated carbocycles. The minimum absolute atomic E-state index is 0.0176. The first-order chi connectivity index (χ1) is 9.48. The lowest BCUT2D eigenvalue weighted by atomic mass is 9.99. The van der Waals surface area contributed by atoms with Crippen molar-refractivity contribution in [1.29, 1.82) is 0 Å². The fourth-order valence-electron chi connectivity index (χ4n) is 2.26. The molecule has 1 aromatic heterocycles. The monoisotopic (exact) mass is 300 g/mol. The number of amides is 1. The lowest BCUT2D eigenvalue weighted by molar-refractivity contribution is -0.144. The van der Waals surface area contributed by atoms with Crippen LogP contribution in [0.25, 0.3) is 0 Å². The van der Waals surface area contributed by atoms with Crippen LogP contribution in [0.5, 0.6) is 0 Å². The number of carboxylic acid groups (broad SMARTS) is 1. The summed E-state index contributed by atoms with van der Waals surface area (Å²) in [7, 11) is 0. The second-order valence-corrected chi connectivity index (χ2v) is 5.32. The van der Waals surface area contributed by atoms with Crippen LogP contribution in [0.4, 0.5) is 0 Å². The van der Waals surface area contributed by atoms with Crippen LogP contribution in [0.15, 0.2) is 12.3 Å². The van der Waals surface area contributed by atoms with Gasteiger partial charge in [0.2, 0.25) is 0 Å². The third kappa shape index (κ3) is 2.81. The summed E-state index contributed by atoms with van der Waals surface area (Å²) in [5.41, 5.74) is -0.977. The van der Waals surface area contributed by atoms with Gasteiger partial charge in [-0.15, -0.1) is 0 Å². The molecule has 0 radical (unpaired) electrons. The van der Waals surface area contributed by atoms with Crippen molar-refractivity contribution in [2.45, 2.75) is 31.8 Å². The van der Waals surface area contributed by atoms with Gasteiger partial charge >= 0.3 is 5.97 Å². The van der Waals surface area contributed by atoms with Gasteiger partial charge in [0.1, 0.15) is 5.69 Å². The number of hydrogen-bond acceptors (Lipinski definition) is 3. The fraction of sp³-hybridized carbons (Fsp3) is 0.538. The zero-order chi connectivity index (χ0) is 14.8. The van der Waals surface area contributed by atoms with Gasteiger partial charge in [-0.1, -0.05) is 18.5 Å². The molecule has 1 aliphatic rings. The third-order valence-corrected chi connectivity index (χ3v) is 3.55. The largest absolute Gasteiger partial charge is 0.479 e. The maximum Gasteiger partial charge on any atom is 0.331 e. The molecule has 1 saturated heterocycles. The Kier molecular flexibility index (Phi) is 4.35. The molecule has 1 fully saturated rings. The molecule has 1 aromatic rings. The highest BCUT2D eigenvalue weighted by Gasteiger charge is 2.44. The van der Waals surface area contributed by atoms with Crippen LogP contribution in [-0.2, 0) is 16.1 Å². The first kappa shape index (κ1) is 14.9. The van der Waals surface area contributed by atoms with E-state index in [-0.39, 0.29) is 13.0 Å². The van der Waals surface area contributed by atoms with Crippen LogP contribution in [0.3, 0.4) is 0 Å². The fourth-order valence-corrected chi connectivity index (χ4v) is 2.48. The summed E-state index contributed by atoms with van der Waals surface area (Å²) in [6.07, 6.45) is 2.77. The van der Waals surface area contributed by atoms with Gasteiger partial charge in [-0.2, -0.15) is 0 Å². The van der Waals surface area contributed by atoms with Crippen molar-refractivity contribution in [2.24, 2.45) is 0 Å². The molecule has 20 heavy (non-hydrogen) atoms. The predicted octanol–water partition coefficient (Wildman–Crippen LogP) is 1.52. The molecule has 1 atom stereocenters. The number of aromatic nitrogens is 1. The molecular weight excluding hydrogens is 284 g/mol. The summed E-state index contributed by atoms with van der Waals surface area (Å²) in [5, 5.41) is 12.3. The number of carbonyl (C=O) groups is 2. The van der Waals surface area contributed by atoms with Gasteiger partial charge in [0, 0.05) is 25.8 Å². The average Bonchev–Trinajstić information content (AvgIpc) is 2.98. The van der Waals surface area contributed by atoms with Gasteiger partial charge in [-0.3, -0.25) is 4.79 Å². The Morgan fingerprint density at radius 1 is 1.60 bits per heavy atom. The first-order valence-electron chi connectivity index (χ1n) is 6.48. The van der Waals surface area contributed by atoms with Crippen LogP contribution in [0, 0.1) is 0 Å². The molecule has 2 heterocycles. The Labute approximate surface area is 121 Å². The van der Waals surface area contributed by atoms with Gasteiger partial charge in [-0.05, 0) is 12.5 Å². The molecule has 1 aliphatic heterocycles. The van der Waals surface area contributed by atoms with E-state index in [9.17, 15) is 14.7 Å². The molecule has 1 unspecified atom stereocenters. The molecule has 1 amide bonds. The number of halogens is 1. The molecule has 0 aromatic carbocycles. The third-order valence-electron chi connectivity index (χ3n) is 3.34. The van der Waals surface area contributed by atoms with E-state index >= 15 is 0 Å². The number of nitrogens with one attached hydrogen (secondary N) is 1. The Hall–Kier alpha value is -1.53. The SMILES string of the molecule is CCCn1cc(Cl)cc1C(=O)NC1(C(=O)O)CCOC1. The van der Waals surface area contributed by atoms with Crippen LogP contribution < -0.4 is 5.32 Å². The molecule has 0 aliphatic carbocycles. The second-order valence-electron chi connectivity index (χ2n) is 4.88. The van der Waals surface area contributed by atoms with Crippen molar-refractivity contribution in [1.82, 2.24) is 9.88 Å². The number of rotatable bonds is 5. The van der Waals surface area contributed by atoms with E-state index in [0.717, 1.165) is 6.42 Å². The maximum absolute atomic E-state index is 12.3. The van der Waals surface area contributed by atoms with Gasteiger partial charge in [-0.25, -0.2) is 4.79 Å². The topological polar surface area (TPSA) is 80.6 Å². The van der Waals surface area contributed by atoms with Crippen molar-refractivity contribution in [3.05, 3.63) is 23.0 Å². The van der Waals surface area contributed by atoms with Crippen LogP contribution >= 0.6 is 11.6 Å². The number of ether oxygens (including phenoxy) is 1. The minimum atomic E-state index is -1.34. The van der Waals surface area contributed by atoms with Gasteiger partial charge in [0.25, 0.3) is 5.91 Å².